The first-order chi connectivity index (χ1) is 9.95. The van der Waals surface area contributed by atoms with Crippen molar-refractivity contribution in [2.45, 2.75) is 18.4 Å². The molecule has 1 nitrogen and oxygen atoms in total. The van der Waals surface area contributed by atoms with E-state index < -0.39 is 6.61 Å². The second-order valence-electron chi connectivity index (χ2n) is 4.37. The molecule has 1 unspecified atom stereocenters. The molecule has 0 radical (unpaired) electrons. The lowest BCUT2D eigenvalue weighted by molar-refractivity contribution is -0.0498. The van der Waals surface area contributed by atoms with Crippen LogP contribution >= 0.6 is 34.8 Å². The normalized spacial score (nSPS) is 12.5. The van der Waals surface area contributed by atoms with Gasteiger partial charge < -0.3 is 4.74 Å². The quantitative estimate of drug-likeness (QED) is 0.590. The zero-order chi connectivity index (χ0) is 15.4. The minimum absolute atomic E-state index is 0.0855. The molecule has 0 saturated heterocycles. The fraction of sp³-hybridized carbons (Fsp3) is 0.200. The highest BCUT2D eigenvalue weighted by Crippen LogP contribution is 2.30. The Kier molecular flexibility index (Phi) is 5.68. The van der Waals surface area contributed by atoms with Crippen LogP contribution in [0.3, 0.4) is 0 Å². The van der Waals surface area contributed by atoms with Crippen molar-refractivity contribution in [2.75, 3.05) is 0 Å². The standard InChI is InChI=1S/C15H11Cl3F2O/c16-12-5-4-9(7-14(12)18)6-13(17)10-2-1-3-11(8-10)21-15(19)20/h1-5,7-8,13,15H,6H2. The molecule has 0 bridgehead atoms. The third-order valence-corrected chi connectivity index (χ3v) is 3.99. The lowest BCUT2D eigenvalue weighted by Crippen LogP contribution is -2.03. The van der Waals surface area contributed by atoms with Crippen LogP contribution in [0.25, 0.3) is 0 Å². The topological polar surface area (TPSA) is 9.23 Å². The van der Waals surface area contributed by atoms with Gasteiger partial charge in [0.05, 0.1) is 15.4 Å². The van der Waals surface area contributed by atoms with Crippen LogP contribution in [0.1, 0.15) is 16.5 Å². The Labute approximate surface area is 136 Å². The van der Waals surface area contributed by atoms with Gasteiger partial charge in [0.25, 0.3) is 0 Å². The van der Waals surface area contributed by atoms with Gasteiger partial charge in [-0.15, -0.1) is 11.6 Å². The van der Waals surface area contributed by atoms with Gasteiger partial charge in [0.2, 0.25) is 0 Å². The van der Waals surface area contributed by atoms with E-state index in [-0.39, 0.29) is 11.1 Å². The molecule has 2 aromatic rings. The molecule has 6 heteroatoms. The summed E-state index contributed by atoms with van der Waals surface area (Å²) in [4.78, 5) is 0. The van der Waals surface area contributed by atoms with Crippen LogP contribution in [-0.4, -0.2) is 6.61 Å². The van der Waals surface area contributed by atoms with Crippen LogP contribution < -0.4 is 4.74 Å². The molecule has 0 heterocycles. The second-order valence-corrected chi connectivity index (χ2v) is 5.71. The summed E-state index contributed by atoms with van der Waals surface area (Å²) in [5.41, 5.74) is 1.60. The average molecular weight is 352 g/mol. The second kappa shape index (κ2) is 7.30. The van der Waals surface area contributed by atoms with E-state index in [2.05, 4.69) is 4.74 Å². The third kappa shape index (κ3) is 4.73. The Bertz CT molecular complexity index is 620. The molecule has 112 valence electrons. The molecule has 0 saturated carbocycles. The van der Waals surface area contributed by atoms with E-state index in [0.717, 1.165) is 5.56 Å². The largest absolute Gasteiger partial charge is 0.435 e. The summed E-state index contributed by atoms with van der Waals surface area (Å²) in [6.07, 6.45) is 0.497. The fourth-order valence-corrected chi connectivity index (χ4v) is 2.51. The van der Waals surface area contributed by atoms with Crippen LogP contribution in [0.15, 0.2) is 42.5 Å². The first-order valence-corrected chi connectivity index (χ1v) is 7.27. The maximum atomic E-state index is 12.2. The van der Waals surface area contributed by atoms with Crippen molar-refractivity contribution in [1.29, 1.82) is 0 Å². The van der Waals surface area contributed by atoms with Crippen LogP contribution in [0.4, 0.5) is 8.78 Å². The van der Waals surface area contributed by atoms with E-state index in [1.54, 1.807) is 24.3 Å². The zero-order valence-electron chi connectivity index (χ0n) is 10.7. The van der Waals surface area contributed by atoms with Crippen molar-refractivity contribution in [2.24, 2.45) is 0 Å². The van der Waals surface area contributed by atoms with Crippen molar-refractivity contribution < 1.29 is 13.5 Å². The van der Waals surface area contributed by atoms with Crippen LogP contribution in [0.2, 0.25) is 10.0 Å². The van der Waals surface area contributed by atoms with Gasteiger partial charge in [0.1, 0.15) is 5.75 Å². The van der Waals surface area contributed by atoms with Crippen molar-refractivity contribution >= 4 is 34.8 Å². The molecule has 21 heavy (non-hydrogen) atoms. The van der Waals surface area contributed by atoms with E-state index in [4.69, 9.17) is 34.8 Å². The van der Waals surface area contributed by atoms with Gasteiger partial charge >= 0.3 is 6.61 Å². The first kappa shape index (κ1) is 16.3. The van der Waals surface area contributed by atoms with Crippen molar-refractivity contribution in [3.05, 3.63) is 63.6 Å². The molecule has 0 N–H and O–H groups in total. The SMILES string of the molecule is FC(F)Oc1cccc(C(Cl)Cc2ccc(Cl)c(Cl)c2)c1. The Morgan fingerprint density at radius 1 is 1.00 bits per heavy atom. The molecule has 0 aliphatic heterocycles. The third-order valence-electron chi connectivity index (χ3n) is 2.84. The number of benzene rings is 2. The molecule has 0 aliphatic carbocycles. The Hall–Kier alpha value is -1.03. The van der Waals surface area contributed by atoms with E-state index in [0.29, 0.717) is 22.0 Å². The highest BCUT2D eigenvalue weighted by atomic mass is 35.5. The Morgan fingerprint density at radius 3 is 2.43 bits per heavy atom. The predicted molar refractivity (Wildman–Crippen MR) is 81.8 cm³/mol. The monoisotopic (exact) mass is 350 g/mol. The average Bonchev–Trinajstić information content (AvgIpc) is 2.42. The summed E-state index contributed by atoms with van der Waals surface area (Å²) in [5, 5.41) is 0.537. The summed E-state index contributed by atoms with van der Waals surface area (Å²) in [6, 6.07) is 11.6. The number of halogens is 5. The molecule has 0 amide bonds. The summed E-state index contributed by atoms with van der Waals surface area (Å²) in [7, 11) is 0. The van der Waals surface area contributed by atoms with Gasteiger partial charge in [-0.3, -0.25) is 0 Å². The van der Waals surface area contributed by atoms with Crippen LogP contribution in [0.5, 0.6) is 5.75 Å². The molecular formula is C15H11Cl3F2O. The lowest BCUT2D eigenvalue weighted by atomic mass is 10.0. The maximum Gasteiger partial charge on any atom is 0.387 e. The molecule has 0 fully saturated rings. The number of alkyl halides is 3. The number of hydrogen-bond acceptors (Lipinski definition) is 1. The summed E-state index contributed by atoms with van der Waals surface area (Å²) in [5.74, 6) is 0.0855. The molecular weight excluding hydrogens is 341 g/mol. The molecule has 0 aliphatic rings. The number of ether oxygens (including phenoxy) is 1. The van der Waals surface area contributed by atoms with Gasteiger partial charge in [0.15, 0.2) is 0 Å². The highest BCUT2D eigenvalue weighted by Gasteiger charge is 2.12. The minimum atomic E-state index is -2.86. The van der Waals surface area contributed by atoms with Gasteiger partial charge in [-0.1, -0.05) is 41.4 Å². The lowest BCUT2D eigenvalue weighted by Gasteiger charge is -2.12. The maximum absolute atomic E-state index is 12.2. The van der Waals surface area contributed by atoms with Crippen molar-refractivity contribution in [3.63, 3.8) is 0 Å². The van der Waals surface area contributed by atoms with E-state index in [1.807, 2.05) is 6.07 Å². The fourth-order valence-electron chi connectivity index (χ4n) is 1.88. The van der Waals surface area contributed by atoms with Crippen LogP contribution in [0, 0.1) is 0 Å². The van der Waals surface area contributed by atoms with Crippen LogP contribution in [-0.2, 0) is 6.42 Å². The first-order valence-electron chi connectivity index (χ1n) is 6.08. The number of rotatable bonds is 5. The van der Waals surface area contributed by atoms with Crippen molar-refractivity contribution in [3.8, 4) is 5.75 Å². The molecule has 2 rings (SSSR count). The minimum Gasteiger partial charge on any atom is -0.435 e. The van der Waals surface area contributed by atoms with E-state index >= 15 is 0 Å². The number of hydrogen-bond donors (Lipinski definition) is 0. The van der Waals surface area contributed by atoms with Gasteiger partial charge in [0, 0.05) is 0 Å². The highest BCUT2D eigenvalue weighted by molar-refractivity contribution is 6.42. The van der Waals surface area contributed by atoms with E-state index in [1.165, 1.54) is 12.1 Å². The van der Waals surface area contributed by atoms with E-state index in [9.17, 15) is 8.78 Å². The molecule has 0 spiro atoms. The summed E-state index contributed by atoms with van der Waals surface area (Å²) in [6.45, 7) is -2.86. The summed E-state index contributed by atoms with van der Waals surface area (Å²) < 4.78 is 28.8. The van der Waals surface area contributed by atoms with Gasteiger partial charge in [-0.2, -0.15) is 8.78 Å². The van der Waals surface area contributed by atoms with Gasteiger partial charge in [-0.05, 0) is 41.8 Å². The molecule has 1 atom stereocenters. The zero-order valence-corrected chi connectivity index (χ0v) is 13.0. The Morgan fingerprint density at radius 2 is 1.76 bits per heavy atom. The van der Waals surface area contributed by atoms with Crippen molar-refractivity contribution in [1.82, 2.24) is 0 Å². The molecule has 0 aromatic heterocycles. The molecule has 2 aromatic carbocycles. The Balaban J connectivity index is 2.12. The predicted octanol–water partition coefficient (Wildman–Crippen LogP) is 6.12. The van der Waals surface area contributed by atoms with Gasteiger partial charge in [-0.25, -0.2) is 0 Å². The smallest absolute Gasteiger partial charge is 0.387 e. The summed E-state index contributed by atoms with van der Waals surface area (Å²) >= 11 is 18.1.